The Morgan fingerprint density at radius 2 is 2.00 bits per heavy atom. The molecule has 2 aromatic carbocycles. The molecule has 28 heavy (non-hydrogen) atoms. The van der Waals surface area contributed by atoms with Gasteiger partial charge >= 0.3 is 0 Å². The minimum Gasteiger partial charge on any atom is -0.477 e. The minimum absolute atomic E-state index is 0.201. The lowest BCUT2D eigenvalue weighted by molar-refractivity contribution is 0.0154. The first-order valence-corrected chi connectivity index (χ1v) is 10.0. The number of benzene rings is 2. The first kappa shape index (κ1) is 19.3. The number of morpholine rings is 1. The number of hydrogen-bond donors (Lipinski definition) is 1. The maximum atomic E-state index is 6.33. The van der Waals surface area contributed by atoms with Crippen molar-refractivity contribution in [2.45, 2.75) is 12.5 Å². The second-order valence-corrected chi connectivity index (χ2v) is 7.35. The fraction of sp³-hybridized carbons (Fsp3) is 0.286. The lowest BCUT2D eigenvalue weighted by atomic mass is 10.1. The summed E-state index contributed by atoms with van der Waals surface area (Å²) in [6.45, 7) is 3.12. The summed E-state index contributed by atoms with van der Waals surface area (Å²) in [6.07, 6.45) is 2.77. The standard InChI is InChI=1S/C21H21Cl2N3O2/c22-19-3-1-2-18(21(19)23)15-4-6-16(7-5-15)26-20(8-10-25-26)28-12-9-17-14-24-11-13-27-17/h1-8,10,17,24H,9,11-14H2. The van der Waals surface area contributed by atoms with E-state index in [0.717, 1.165) is 42.9 Å². The number of nitrogens with one attached hydrogen (secondary N) is 1. The number of halogens is 2. The zero-order valence-corrected chi connectivity index (χ0v) is 16.8. The molecule has 4 rings (SSSR count). The Hall–Kier alpha value is -2.05. The Morgan fingerprint density at radius 3 is 2.79 bits per heavy atom. The molecule has 1 aliphatic rings. The van der Waals surface area contributed by atoms with E-state index >= 15 is 0 Å². The van der Waals surface area contributed by atoms with E-state index in [1.54, 1.807) is 16.9 Å². The Labute approximate surface area is 174 Å². The summed E-state index contributed by atoms with van der Waals surface area (Å²) in [5, 5.41) is 8.81. The van der Waals surface area contributed by atoms with E-state index in [9.17, 15) is 0 Å². The number of nitrogens with zero attached hydrogens (tertiary/aromatic N) is 2. The van der Waals surface area contributed by atoms with E-state index in [-0.39, 0.29) is 6.10 Å². The van der Waals surface area contributed by atoms with Crippen molar-refractivity contribution in [1.29, 1.82) is 0 Å². The average Bonchev–Trinajstić information content (AvgIpc) is 3.20. The molecular formula is C21H21Cl2N3O2. The molecule has 146 valence electrons. The van der Waals surface area contributed by atoms with Crippen LogP contribution in [-0.2, 0) is 4.74 Å². The van der Waals surface area contributed by atoms with Crippen LogP contribution in [0.4, 0.5) is 0 Å². The van der Waals surface area contributed by atoms with Gasteiger partial charge in [0, 0.05) is 31.1 Å². The van der Waals surface area contributed by atoms with Gasteiger partial charge in [0.25, 0.3) is 0 Å². The van der Waals surface area contributed by atoms with Gasteiger partial charge < -0.3 is 14.8 Å². The first-order valence-electron chi connectivity index (χ1n) is 9.26. The van der Waals surface area contributed by atoms with E-state index in [1.807, 2.05) is 42.5 Å². The molecule has 0 bridgehead atoms. The van der Waals surface area contributed by atoms with Gasteiger partial charge in [0.05, 0.1) is 41.2 Å². The molecule has 0 saturated carbocycles. The largest absolute Gasteiger partial charge is 0.477 e. The monoisotopic (exact) mass is 417 g/mol. The van der Waals surface area contributed by atoms with Gasteiger partial charge in [0.1, 0.15) is 0 Å². The summed E-state index contributed by atoms with van der Waals surface area (Å²) < 4.78 is 13.4. The Bertz CT molecular complexity index is 922. The van der Waals surface area contributed by atoms with Crippen molar-refractivity contribution in [1.82, 2.24) is 15.1 Å². The van der Waals surface area contributed by atoms with E-state index < -0.39 is 0 Å². The van der Waals surface area contributed by atoms with E-state index in [4.69, 9.17) is 32.7 Å². The SMILES string of the molecule is Clc1cccc(-c2ccc(-n3nccc3OCCC3CNCCO3)cc2)c1Cl. The minimum atomic E-state index is 0.201. The van der Waals surface area contributed by atoms with Gasteiger partial charge in [0.2, 0.25) is 5.88 Å². The third kappa shape index (κ3) is 4.33. The summed E-state index contributed by atoms with van der Waals surface area (Å²) in [5.41, 5.74) is 2.81. The maximum Gasteiger partial charge on any atom is 0.216 e. The molecule has 1 unspecified atom stereocenters. The van der Waals surface area contributed by atoms with Crippen LogP contribution in [0.25, 0.3) is 16.8 Å². The molecule has 0 amide bonds. The summed E-state index contributed by atoms with van der Waals surface area (Å²) in [6, 6.07) is 15.5. The highest BCUT2D eigenvalue weighted by molar-refractivity contribution is 6.43. The van der Waals surface area contributed by atoms with Crippen LogP contribution >= 0.6 is 23.2 Å². The van der Waals surface area contributed by atoms with Gasteiger partial charge in [-0.15, -0.1) is 0 Å². The number of hydrogen-bond acceptors (Lipinski definition) is 4. The van der Waals surface area contributed by atoms with Gasteiger partial charge in [0.15, 0.2) is 0 Å². The van der Waals surface area contributed by atoms with Crippen LogP contribution in [0.5, 0.6) is 5.88 Å². The molecule has 7 heteroatoms. The van der Waals surface area contributed by atoms with Gasteiger partial charge in [-0.2, -0.15) is 5.10 Å². The van der Waals surface area contributed by atoms with E-state index in [2.05, 4.69) is 10.4 Å². The highest BCUT2D eigenvalue weighted by atomic mass is 35.5. The molecule has 1 aliphatic heterocycles. The molecule has 1 N–H and O–H groups in total. The quantitative estimate of drug-likeness (QED) is 0.636. The van der Waals surface area contributed by atoms with Gasteiger partial charge in [-0.1, -0.05) is 47.5 Å². The number of rotatable bonds is 6. The summed E-state index contributed by atoms with van der Waals surface area (Å²) in [5.74, 6) is 0.706. The second-order valence-electron chi connectivity index (χ2n) is 6.56. The predicted molar refractivity (Wildman–Crippen MR) is 112 cm³/mol. The predicted octanol–water partition coefficient (Wildman–Crippen LogP) is 4.60. The zero-order valence-electron chi connectivity index (χ0n) is 15.3. The van der Waals surface area contributed by atoms with E-state index in [1.165, 1.54) is 0 Å². The van der Waals surface area contributed by atoms with Crippen molar-refractivity contribution in [2.75, 3.05) is 26.3 Å². The average molecular weight is 418 g/mol. The summed E-state index contributed by atoms with van der Waals surface area (Å²) in [4.78, 5) is 0. The second kappa shape index (κ2) is 8.97. The topological polar surface area (TPSA) is 48.3 Å². The Balaban J connectivity index is 1.45. The molecule has 0 spiro atoms. The van der Waals surface area contributed by atoms with Crippen LogP contribution in [0.1, 0.15) is 6.42 Å². The molecule has 1 aromatic heterocycles. The van der Waals surface area contributed by atoms with Crippen LogP contribution in [-0.4, -0.2) is 42.2 Å². The lowest BCUT2D eigenvalue weighted by Crippen LogP contribution is -2.39. The molecule has 1 saturated heterocycles. The molecule has 0 aliphatic carbocycles. The van der Waals surface area contributed by atoms with Crippen molar-refractivity contribution >= 4 is 23.2 Å². The molecule has 5 nitrogen and oxygen atoms in total. The van der Waals surface area contributed by atoms with Crippen molar-refractivity contribution in [2.24, 2.45) is 0 Å². The van der Waals surface area contributed by atoms with Crippen molar-refractivity contribution < 1.29 is 9.47 Å². The highest BCUT2D eigenvalue weighted by Gasteiger charge is 2.14. The summed E-state index contributed by atoms with van der Waals surface area (Å²) >= 11 is 12.5. The zero-order chi connectivity index (χ0) is 19.3. The smallest absolute Gasteiger partial charge is 0.216 e. The molecule has 1 atom stereocenters. The highest BCUT2D eigenvalue weighted by Crippen LogP contribution is 2.33. The fourth-order valence-corrected chi connectivity index (χ4v) is 3.61. The van der Waals surface area contributed by atoms with Crippen molar-refractivity contribution in [3.8, 4) is 22.7 Å². The Morgan fingerprint density at radius 1 is 1.14 bits per heavy atom. The molecule has 1 fully saturated rings. The molecule has 2 heterocycles. The number of ether oxygens (including phenoxy) is 2. The van der Waals surface area contributed by atoms with Crippen molar-refractivity contribution in [3.05, 3.63) is 64.8 Å². The molecule has 0 radical (unpaired) electrons. The maximum absolute atomic E-state index is 6.33. The normalized spacial score (nSPS) is 16.9. The van der Waals surface area contributed by atoms with Crippen LogP contribution < -0.4 is 10.1 Å². The van der Waals surface area contributed by atoms with Gasteiger partial charge in [-0.05, 0) is 23.8 Å². The Kier molecular flexibility index (Phi) is 6.17. The van der Waals surface area contributed by atoms with E-state index in [0.29, 0.717) is 22.5 Å². The van der Waals surface area contributed by atoms with Gasteiger partial charge in [-0.25, -0.2) is 4.68 Å². The summed E-state index contributed by atoms with van der Waals surface area (Å²) in [7, 11) is 0. The van der Waals surface area contributed by atoms with Crippen LogP contribution in [0.15, 0.2) is 54.7 Å². The third-order valence-electron chi connectivity index (χ3n) is 4.68. The van der Waals surface area contributed by atoms with Crippen LogP contribution in [0.3, 0.4) is 0 Å². The van der Waals surface area contributed by atoms with Crippen LogP contribution in [0, 0.1) is 0 Å². The fourth-order valence-electron chi connectivity index (χ4n) is 3.20. The number of aromatic nitrogens is 2. The first-order chi connectivity index (χ1) is 13.7. The van der Waals surface area contributed by atoms with Gasteiger partial charge in [-0.3, -0.25) is 0 Å². The van der Waals surface area contributed by atoms with Crippen LogP contribution in [0.2, 0.25) is 10.0 Å². The molecule has 3 aromatic rings. The lowest BCUT2D eigenvalue weighted by Gasteiger charge is -2.23. The third-order valence-corrected chi connectivity index (χ3v) is 5.50. The molecular weight excluding hydrogens is 397 g/mol. The van der Waals surface area contributed by atoms with Crippen molar-refractivity contribution in [3.63, 3.8) is 0 Å².